The van der Waals surface area contributed by atoms with Crippen LogP contribution in [0.3, 0.4) is 0 Å². The lowest BCUT2D eigenvalue weighted by Crippen LogP contribution is -2.57. The summed E-state index contributed by atoms with van der Waals surface area (Å²) in [5.74, 6) is -1.34. The first-order valence-corrected chi connectivity index (χ1v) is 7.10. The quantitative estimate of drug-likeness (QED) is 0.881. The highest BCUT2D eigenvalue weighted by Gasteiger charge is 2.52. The van der Waals surface area contributed by atoms with Crippen LogP contribution in [0, 0.1) is 5.92 Å². The normalized spacial score (nSPS) is 25.6. The van der Waals surface area contributed by atoms with Crippen molar-refractivity contribution in [1.29, 1.82) is 0 Å². The van der Waals surface area contributed by atoms with Crippen LogP contribution >= 0.6 is 11.3 Å². The van der Waals surface area contributed by atoms with Crippen LogP contribution in [0.5, 0.6) is 0 Å². The van der Waals surface area contributed by atoms with E-state index in [2.05, 4.69) is 15.5 Å². The summed E-state index contributed by atoms with van der Waals surface area (Å²) in [6.45, 7) is 5.31. The van der Waals surface area contributed by atoms with Crippen molar-refractivity contribution in [2.24, 2.45) is 5.92 Å². The Hall–Kier alpha value is -1.70. The maximum Gasteiger partial charge on any atom is 0.408 e. The number of aromatic nitrogens is 2. The van der Waals surface area contributed by atoms with Crippen molar-refractivity contribution in [2.45, 2.75) is 44.8 Å². The third kappa shape index (κ3) is 3.06. The molecule has 0 aromatic carbocycles. The summed E-state index contributed by atoms with van der Waals surface area (Å²) in [6, 6.07) is 0. The zero-order valence-electron chi connectivity index (χ0n) is 11.5. The van der Waals surface area contributed by atoms with Gasteiger partial charge in [0, 0.05) is 0 Å². The van der Waals surface area contributed by atoms with Crippen molar-refractivity contribution in [3.8, 4) is 0 Å². The number of nitrogens with zero attached hydrogens (tertiary/aromatic N) is 2. The van der Waals surface area contributed by atoms with Crippen LogP contribution in [-0.2, 0) is 15.1 Å². The summed E-state index contributed by atoms with van der Waals surface area (Å²) in [6.07, 6.45) is 0.0321. The molecular weight excluding hydrogens is 282 g/mol. The van der Waals surface area contributed by atoms with Gasteiger partial charge in [0.25, 0.3) is 0 Å². The molecule has 1 aromatic heterocycles. The largest absolute Gasteiger partial charge is 0.481 e. The standard InChI is InChI=1S/C12H17N3O4S/c1-11(2,3)19-10(18)14-12(9-15-13-6-20-9)4-7(5-12)8(16)17/h6-7H,4-5H2,1-3H3,(H,14,18)(H,16,17). The van der Waals surface area contributed by atoms with E-state index in [9.17, 15) is 9.59 Å². The molecule has 0 saturated heterocycles. The van der Waals surface area contributed by atoms with Crippen molar-refractivity contribution in [3.05, 3.63) is 10.5 Å². The molecule has 0 bridgehead atoms. The number of hydrogen-bond donors (Lipinski definition) is 2. The maximum absolute atomic E-state index is 11.9. The lowest BCUT2D eigenvalue weighted by atomic mass is 9.68. The zero-order valence-corrected chi connectivity index (χ0v) is 12.4. The van der Waals surface area contributed by atoms with Gasteiger partial charge < -0.3 is 15.2 Å². The zero-order chi connectivity index (χ0) is 15.0. The molecule has 110 valence electrons. The number of carbonyl (C=O) groups is 2. The number of amides is 1. The Balaban J connectivity index is 2.10. The Labute approximate surface area is 120 Å². The van der Waals surface area contributed by atoms with Crippen molar-refractivity contribution >= 4 is 23.4 Å². The summed E-state index contributed by atoms with van der Waals surface area (Å²) in [4.78, 5) is 22.9. The molecule has 8 heteroatoms. The molecule has 2 rings (SSSR count). The molecule has 2 N–H and O–H groups in total. The van der Waals surface area contributed by atoms with Gasteiger partial charge in [0.2, 0.25) is 0 Å². The highest BCUT2D eigenvalue weighted by molar-refractivity contribution is 7.09. The molecule has 0 atom stereocenters. The molecule has 7 nitrogen and oxygen atoms in total. The van der Waals surface area contributed by atoms with Gasteiger partial charge in [-0.3, -0.25) is 4.79 Å². The highest BCUT2D eigenvalue weighted by Crippen LogP contribution is 2.46. The van der Waals surface area contributed by atoms with E-state index in [1.54, 1.807) is 26.3 Å². The minimum Gasteiger partial charge on any atom is -0.481 e. The average Bonchev–Trinajstić information content (AvgIpc) is 2.72. The fourth-order valence-corrected chi connectivity index (χ4v) is 2.90. The SMILES string of the molecule is CC(C)(C)OC(=O)NC1(c2nncs2)CC(C(=O)O)C1. The topological polar surface area (TPSA) is 101 Å². The third-order valence-electron chi connectivity index (χ3n) is 3.05. The molecule has 1 heterocycles. The summed E-state index contributed by atoms with van der Waals surface area (Å²) in [5, 5.41) is 20.1. The average molecular weight is 299 g/mol. The number of rotatable bonds is 3. The van der Waals surface area contributed by atoms with E-state index in [4.69, 9.17) is 9.84 Å². The Bertz CT molecular complexity index is 503. The maximum atomic E-state index is 11.9. The number of carbonyl (C=O) groups excluding carboxylic acids is 1. The van der Waals surface area contributed by atoms with E-state index in [-0.39, 0.29) is 0 Å². The van der Waals surface area contributed by atoms with Crippen LogP contribution in [0.25, 0.3) is 0 Å². The van der Waals surface area contributed by atoms with E-state index in [0.29, 0.717) is 17.8 Å². The minimum atomic E-state index is -0.865. The monoisotopic (exact) mass is 299 g/mol. The molecule has 1 fully saturated rings. The van der Waals surface area contributed by atoms with Gasteiger partial charge in [-0.25, -0.2) is 4.79 Å². The van der Waals surface area contributed by atoms with Crippen molar-refractivity contribution in [1.82, 2.24) is 15.5 Å². The molecule has 0 spiro atoms. The van der Waals surface area contributed by atoms with Crippen molar-refractivity contribution in [3.63, 3.8) is 0 Å². The van der Waals surface area contributed by atoms with E-state index >= 15 is 0 Å². The third-order valence-corrected chi connectivity index (χ3v) is 3.94. The Morgan fingerprint density at radius 3 is 2.60 bits per heavy atom. The van der Waals surface area contributed by atoms with E-state index in [1.807, 2.05) is 0 Å². The van der Waals surface area contributed by atoms with Crippen LogP contribution < -0.4 is 5.32 Å². The van der Waals surface area contributed by atoms with Crippen LogP contribution in [-0.4, -0.2) is 33.0 Å². The van der Waals surface area contributed by atoms with Gasteiger partial charge in [-0.2, -0.15) is 0 Å². The van der Waals surface area contributed by atoms with Gasteiger partial charge >= 0.3 is 12.1 Å². The molecule has 1 aliphatic rings. The first kappa shape index (κ1) is 14.7. The fourth-order valence-electron chi connectivity index (χ4n) is 2.17. The number of ether oxygens (including phenoxy) is 1. The summed E-state index contributed by atoms with van der Waals surface area (Å²) >= 11 is 1.29. The summed E-state index contributed by atoms with van der Waals surface area (Å²) < 4.78 is 5.22. The van der Waals surface area contributed by atoms with Crippen LogP contribution in [0.15, 0.2) is 5.51 Å². The van der Waals surface area contributed by atoms with Gasteiger partial charge in [0.1, 0.15) is 16.1 Å². The summed E-state index contributed by atoms with van der Waals surface area (Å²) in [5.41, 5.74) is 0.177. The number of carboxylic acid groups (broad SMARTS) is 1. The molecule has 0 unspecified atom stereocenters. The predicted octanol–water partition coefficient (Wildman–Crippen LogP) is 1.75. The molecule has 0 aliphatic heterocycles. The number of alkyl carbamates (subject to hydrolysis) is 1. The van der Waals surface area contributed by atoms with Gasteiger partial charge in [-0.15, -0.1) is 21.5 Å². The molecule has 0 radical (unpaired) electrons. The highest BCUT2D eigenvalue weighted by atomic mass is 32.1. The van der Waals surface area contributed by atoms with Gasteiger partial charge in [-0.1, -0.05) is 0 Å². The fraction of sp³-hybridized carbons (Fsp3) is 0.667. The molecule has 1 saturated carbocycles. The van der Waals surface area contributed by atoms with Gasteiger partial charge in [0.05, 0.1) is 11.5 Å². The molecule has 1 aliphatic carbocycles. The van der Waals surface area contributed by atoms with E-state index < -0.39 is 29.1 Å². The molecular formula is C12H17N3O4S. The molecule has 1 amide bonds. The first-order chi connectivity index (χ1) is 9.22. The lowest BCUT2D eigenvalue weighted by molar-refractivity contribution is -0.148. The van der Waals surface area contributed by atoms with Crippen LogP contribution in [0.1, 0.15) is 38.6 Å². The molecule has 20 heavy (non-hydrogen) atoms. The van der Waals surface area contributed by atoms with E-state index in [1.165, 1.54) is 11.3 Å². The first-order valence-electron chi connectivity index (χ1n) is 6.22. The second-order valence-electron chi connectivity index (χ2n) is 5.90. The summed E-state index contributed by atoms with van der Waals surface area (Å²) in [7, 11) is 0. The Morgan fingerprint density at radius 2 is 2.15 bits per heavy atom. The van der Waals surface area contributed by atoms with Crippen molar-refractivity contribution in [2.75, 3.05) is 0 Å². The Kier molecular flexibility index (Phi) is 3.68. The second kappa shape index (κ2) is 5.01. The van der Waals surface area contributed by atoms with Crippen molar-refractivity contribution < 1.29 is 19.4 Å². The number of hydrogen-bond acceptors (Lipinski definition) is 6. The van der Waals surface area contributed by atoms with Gasteiger partial charge in [0.15, 0.2) is 0 Å². The predicted molar refractivity (Wildman–Crippen MR) is 71.3 cm³/mol. The second-order valence-corrected chi connectivity index (χ2v) is 6.73. The Morgan fingerprint density at radius 1 is 1.50 bits per heavy atom. The van der Waals surface area contributed by atoms with Gasteiger partial charge in [-0.05, 0) is 33.6 Å². The van der Waals surface area contributed by atoms with E-state index in [0.717, 1.165) is 0 Å². The lowest BCUT2D eigenvalue weighted by Gasteiger charge is -2.44. The number of nitrogens with one attached hydrogen (secondary N) is 1. The molecule has 1 aromatic rings. The smallest absolute Gasteiger partial charge is 0.408 e. The number of aliphatic carboxylic acids is 1. The number of carboxylic acids is 1. The minimum absolute atomic E-state index is 0.302. The van der Waals surface area contributed by atoms with Crippen LogP contribution in [0.4, 0.5) is 4.79 Å². The van der Waals surface area contributed by atoms with Crippen LogP contribution in [0.2, 0.25) is 0 Å².